The Bertz CT molecular complexity index is 1330. The van der Waals surface area contributed by atoms with Crippen molar-refractivity contribution < 1.29 is 4.74 Å². The van der Waals surface area contributed by atoms with Crippen LogP contribution >= 0.6 is 0 Å². The van der Waals surface area contributed by atoms with Crippen LogP contribution in [0.1, 0.15) is 5.56 Å². The van der Waals surface area contributed by atoms with Gasteiger partial charge in [-0.3, -0.25) is 9.78 Å². The van der Waals surface area contributed by atoms with Crippen LogP contribution < -0.4 is 20.9 Å². The second-order valence-corrected chi connectivity index (χ2v) is 8.24. The molecule has 1 aromatic carbocycles. The molecule has 0 saturated carbocycles. The van der Waals surface area contributed by atoms with Crippen LogP contribution in [0.15, 0.2) is 59.8 Å². The first kappa shape index (κ1) is 22.0. The van der Waals surface area contributed by atoms with Gasteiger partial charge in [-0.15, -0.1) is 0 Å². The molecule has 5 rings (SSSR count). The van der Waals surface area contributed by atoms with Crippen molar-refractivity contribution in [3.63, 3.8) is 0 Å². The Kier molecular flexibility index (Phi) is 6.46. The average Bonchev–Trinajstić information content (AvgIpc) is 2.89. The van der Waals surface area contributed by atoms with Crippen molar-refractivity contribution in [3.05, 3.63) is 70.9 Å². The third kappa shape index (κ3) is 4.90. The lowest BCUT2D eigenvalue weighted by atomic mass is 10.1. The predicted octanol–water partition coefficient (Wildman–Crippen LogP) is 2.58. The second-order valence-electron chi connectivity index (χ2n) is 8.24. The molecule has 0 bridgehead atoms. The molecule has 3 N–H and O–H groups in total. The van der Waals surface area contributed by atoms with E-state index in [1.54, 1.807) is 19.5 Å². The molecule has 174 valence electrons. The van der Waals surface area contributed by atoms with Gasteiger partial charge in [-0.2, -0.15) is 0 Å². The summed E-state index contributed by atoms with van der Waals surface area (Å²) in [6.45, 7) is 5.37. The van der Waals surface area contributed by atoms with Crippen molar-refractivity contribution in [2.75, 3.05) is 45.2 Å². The first-order valence-electron chi connectivity index (χ1n) is 11.4. The van der Waals surface area contributed by atoms with Gasteiger partial charge in [-0.05, 0) is 41.6 Å². The number of aromatic nitrogens is 4. The maximum absolute atomic E-state index is 12.6. The van der Waals surface area contributed by atoms with Gasteiger partial charge in [-0.25, -0.2) is 9.97 Å². The van der Waals surface area contributed by atoms with Crippen molar-refractivity contribution in [2.24, 2.45) is 0 Å². The Hall–Kier alpha value is -3.82. The highest BCUT2D eigenvalue weighted by Crippen LogP contribution is 2.27. The molecule has 34 heavy (non-hydrogen) atoms. The normalized spacial score (nSPS) is 14.3. The maximum Gasteiger partial charge on any atom is 0.259 e. The summed E-state index contributed by atoms with van der Waals surface area (Å²) in [7, 11) is 1.54. The molecule has 1 fully saturated rings. The number of anilines is 2. The summed E-state index contributed by atoms with van der Waals surface area (Å²) in [6.07, 6.45) is 5.80. The zero-order valence-corrected chi connectivity index (χ0v) is 19.0. The van der Waals surface area contributed by atoms with Gasteiger partial charge in [0.05, 0.1) is 30.6 Å². The Balaban J connectivity index is 1.41. The van der Waals surface area contributed by atoms with E-state index in [2.05, 4.69) is 42.6 Å². The van der Waals surface area contributed by atoms with Crippen LogP contribution in [-0.2, 0) is 6.42 Å². The highest BCUT2D eigenvalue weighted by Gasteiger charge is 2.13. The van der Waals surface area contributed by atoms with Crippen LogP contribution in [0.25, 0.3) is 22.2 Å². The number of aromatic amines is 1. The van der Waals surface area contributed by atoms with Gasteiger partial charge in [0.25, 0.3) is 5.56 Å². The molecule has 1 aliphatic rings. The monoisotopic (exact) mass is 457 g/mol. The van der Waals surface area contributed by atoms with Crippen LogP contribution in [0.4, 0.5) is 11.5 Å². The van der Waals surface area contributed by atoms with Crippen LogP contribution in [0.2, 0.25) is 0 Å². The molecule has 9 nitrogen and oxygen atoms in total. The van der Waals surface area contributed by atoms with E-state index < -0.39 is 0 Å². The number of benzene rings is 1. The van der Waals surface area contributed by atoms with Crippen molar-refractivity contribution in [1.29, 1.82) is 0 Å². The van der Waals surface area contributed by atoms with Crippen LogP contribution in [0.3, 0.4) is 0 Å². The quantitative estimate of drug-likeness (QED) is 0.389. The number of H-pyrrole nitrogens is 1. The van der Waals surface area contributed by atoms with E-state index in [-0.39, 0.29) is 5.56 Å². The van der Waals surface area contributed by atoms with Gasteiger partial charge < -0.3 is 25.3 Å². The van der Waals surface area contributed by atoms with Gasteiger partial charge in [0.2, 0.25) is 5.88 Å². The van der Waals surface area contributed by atoms with Gasteiger partial charge in [0.15, 0.2) is 0 Å². The second kappa shape index (κ2) is 9.98. The first-order chi connectivity index (χ1) is 16.7. The summed E-state index contributed by atoms with van der Waals surface area (Å²) in [6, 6.07) is 12.0. The van der Waals surface area contributed by atoms with E-state index in [0.717, 1.165) is 50.2 Å². The lowest BCUT2D eigenvalue weighted by molar-refractivity contribution is 0.244. The van der Waals surface area contributed by atoms with E-state index in [1.165, 1.54) is 11.8 Å². The lowest BCUT2D eigenvalue weighted by Crippen LogP contribution is -2.44. The molecular weight excluding hydrogens is 430 g/mol. The van der Waals surface area contributed by atoms with Crippen molar-refractivity contribution in [3.8, 4) is 17.3 Å². The third-order valence-electron chi connectivity index (χ3n) is 5.98. The van der Waals surface area contributed by atoms with Gasteiger partial charge in [0.1, 0.15) is 11.5 Å². The summed E-state index contributed by atoms with van der Waals surface area (Å²) < 4.78 is 5.20. The van der Waals surface area contributed by atoms with Crippen LogP contribution in [0, 0.1) is 0 Å². The Morgan fingerprint density at radius 2 is 1.88 bits per heavy atom. The minimum atomic E-state index is -0.205. The number of hydrogen-bond donors (Lipinski definition) is 3. The highest BCUT2D eigenvalue weighted by atomic mass is 16.5. The summed E-state index contributed by atoms with van der Waals surface area (Å²) >= 11 is 0. The molecule has 0 atom stereocenters. The van der Waals surface area contributed by atoms with Crippen LogP contribution in [0.5, 0.6) is 5.88 Å². The third-order valence-corrected chi connectivity index (χ3v) is 5.98. The minimum Gasteiger partial charge on any atom is -0.480 e. The Morgan fingerprint density at radius 3 is 2.68 bits per heavy atom. The molecule has 4 aromatic rings. The first-order valence-corrected chi connectivity index (χ1v) is 11.4. The summed E-state index contributed by atoms with van der Waals surface area (Å²) in [5.41, 5.74) is 3.09. The Morgan fingerprint density at radius 1 is 1.06 bits per heavy atom. The number of nitrogens with zero attached hydrogens (tertiary/aromatic N) is 4. The molecule has 3 aromatic heterocycles. The number of piperazine rings is 1. The standard InChI is InChI=1S/C25H27N7O2/c1-34-22-16-27-15-21(30-22)20-14-18-6-8-28-25(33)23(18)24(31-20)29-19-4-2-17(3-5-19)7-11-32-12-9-26-10-13-32/h2-6,8,14-16,26H,7,9-13H2,1H3,(H,28,33)(H,29,31). The topological polar surface area (TPSA) is 108 Å². The number of hydrogen-bond acceptors (Lipinski definition) is 8. The number of nitrogens with one attached hydrogen (secondary N) is 3. The lowest BCUT2D eigenvalue weighted by Gasteiger charge is -2.27. The van der Waals surface area contributed by atoms with Crippen molar-refractivity contribution in [2.45, 2.75) is 6.42 Å². The van der Waals surface area contributed by atoms with E-state index in [9.17, 15) is 4.79 Å². The van der Waals surface area contributed by atoms with E-state index in [4.69, 9.17) is 9.72 Å². The number of methoxy groups -OCH3 is 1. The fraction of sp³-hybridized carbons (Fsp3) is 0.280. The minimum absolute atomic E-state index is 0.205. The van der Waals surface area contributed by atoms with Gasteiger partial charge >= 0.3 is 0 Å². The molecule has 0 amide bonds. The fourth-order valence-corrected chi connectivity index (χ4v) is 4.12. The SMILES string of the molecule is COc1cncc(-c2cc3cc[nH]c(=O)c3c(Nc3ccc(CCN4CCNCC4)cc3)n2)n1. The molecular formula is C25H27N7O2. The molecule has 4 heterocycles. The molecule has 0 aliphatic carbocycles. The van der Waals surface area contributed by atoms with Gasteiger partial charge in [0, 0.05) is 44.6 Å². The molecule has 1 aliphatic heterocycles. The number of rotatable bonds is 7. The van der Waals surface area contributed by atoms with E-state index >= 15 is 0 Å². The molecule has 1 saturated heterocycles. The van der Waals surface area contributed by atoms with E-state index in [1.807, 2.05) is 24.3 Å². The molecule has 0 radical (unpaired) electrons. The predicted molar refractivity (Wildman–Crippen MR) is 133 cm³/mol. The molecule has 0 spiro atoms. The summed E-state index contributed by atoms with van der Waals surface area (Å²) in [5, 5.41) is 7.96. The fourth-order valence-electron chi connectivity index (χ4n) is 4.12. The largest absolute Gasteiger partial charge is 0.480 e. The Labute approximate surface area is 197 Å². The molecule has 9 heteroatoms. The summed E-state index contributed by atoms with van der Waals surface area (Å²) in [4.78, 5) is 31.2. The summed E-state index contributed by atoms with van der Waals surface area (Å²) in [5.74, 6) is 0.865. The highest BCUT2D eigenvalue weighted by molar-refractivity contribution is 5.94. The van der Waals surface area contributed by atoms with Crippen molar-refractivity contribution in [1.82, 2.24) is 30.2 Å². The van der Waals surface area contributed by atoms with Gasteiger partial charge in [-0.1, -0.05) is 12.1 Å². The zero-order valence-electron chi connectivity index (χ0n) is 19.0. The number of ether oxygens (including phenoxy) is 1. The smallest absolute Gasteiger partial charge is 0.259 e. The van der Waals surface area contributed by atoms with E-state index in [0.29, 0.717) is 28.5 Å². The maximum atomic E-state index is 12.6. The van der Waals surface area contributed by atoms with Crippen LogP contribution in [-0.4, -0.2) is 64.7 Å². The molecule has 0 unspecified atom stereocenters. The number of pyridine rings is 2. The van der Waals surface area contributed by atoms with Crippen molar-refractivity contribution >= 4 is 22.3 Å². The average molecular weight is 458 g/mol. The number of fused-ring (bicyclic) bond motifs is 1. The zero-order chi connectivity index (χ0) is 23.3.